The van der Waals surface area contributed by atoms with Crippen LogP contribution in [0.1, 0.15) is 25.7 Å². The molecule has 0 aromatic heterocycles. The highest BCUT2D eigenvalue weighted by Crippen LogP contribution is 2.25. The monoisotopic (exact) mass is 179 g/mol. The van der Waals surface area contributed by atoms with E-state index in [1.165, 1.54) is 25.7 Å². The minimum atomic E-state index is 0.0399. The molecule has 2 rings (SSSR count). The van der Waals surface area contributed by atoms with Gasteiger partial charge in [-0.2, -0.15) is 5.26 Å². The Morgan fingerprint density at radius 1 is 1.46 bits per heavy atom. The average molecular weight is 179 g/mol. The Balaban J connectivity index is 1.72. The van der Waals surface area contributed by atoms with Gasteiger partial charge in [-0.1, -0.05) is 0 Å². The summed E-state index contributed by atoms with van der Waals surface area (Å²) in [4.78, 5) is 2.31. The molecule has 0 bridgehead atoms. The average Bonchev–Trinajstić information content (AvgIpc) is 2.96. The van der Waals surface area contributed by atoms with Crippen molar-refractivity contribution in [3.05, 3.63) is 0 Å². The lowest BCUT2D eigenvalue weighted by Gasteiger charge is -2.19. The van der Waals surface area contributed by atoms with Crippen LogP contribution < -0.4 is 5.32 Å². The number of nitrogens with zero attached hydrogens (tertiary/aromatic N) is 2. The minimum Gasteiger partial charge on any atom is -0.301 e. The second-order valence-corrected chi connectivity index (χ2v) is 4.29. The van der Waals surface area contributed by atoms with Crippen LogP contribution >= 0.6 is 0 Å². The zero-order valence-electron chi connectivity index (χ0n) is 8.16. The summed E-state index contributed by atoms with van der Waals surface area (Å²) in [5, 5.41) is 12.3. The third-order valence-corrected chi connectivity index (χ3v) is 2.81. The highest BCUT2D eigenvalue weighted by atomic mass is 15.2. The van der Waals surface area contributed by atoms with Crippen molar-refractivity contribution in [3.8, 4) is 6.07 Å². The van der Waals surface area contributed by atoms with Gasteiger partial charge in [-0.05, 0) is 32.7 Å². The van der Waals surface area contributed by atoms with Crippen molar-refractivity contribution >= 4 is 0 Å². The van der Waals surface area contributed by atoms with E-state index in [9.17, 15) is 0 Å². The molecule has 1 unspecified atom stereocenters. The van der Waals surface area contributed by atoms with Gasteiger partial charge < -0.3 is 4.90 Å². The van der Waals surface area contributed by atoms with Gasteiger partial charge >= 0.3 is 0 Å². The molecule has 2 fully saturated rings. The van der Waals surface area contributed by atoms with Crippen LogP contribution in [0.25, 0.3) is 0 Å². The first-order valence-corrected chi connectivity index (χ1v) is 5.15. The summed E-state index contributed by atoms with van der Waals surface area (Å²) in [6.07, 6.45) is 5.15. The molecule has 72 valence electrons. The first-order chi connectivity index (χ1) is 6.29. The van der Waals surface area contributed by atoms with Gasteiger partial charge in [-0.15, -0.1) is 0 Å². The van der Waals surface area contributed by atoms with Gasteiger partial charge in [0.15, 0.2) is 0 Å². The lowest BCUT2D eigenvalue weighted by molar-refractivity contribution is 0.300. The molecule has 1 atom stereocenters. The Kier molecular flexibility index (Phi) is 2.52. The lowest BCUT2D eigenvalue weighted by atomic mass is 10.3. The number of hydrogen-bond donors (Lipinski definition) is 1. The van der Waals surface area contributed by atoms with Crippen LogP contribution in [0.15, 0.2) is 0 Å². The van der Waals surface area contributed by atoms with E-state index in [4.69, 9.17) is 5.26 Å². The summed E-state index contributed by atoms with van der Waals surface area (Å²) in [6, 6.07) is 3.77. The largest absolute Gasteiger partial charge is 0.301 e. The molecule has 0 aliphatic heterocycles. The molecule has 0 amide bonds. The third kappa shape index (κ3) is 2.68. The smallest absolute Gasteiger partial charge is 0.108 e. The molecule has 2 aliphatic rings. The fourth-order valence-electron chi connectivity index (χ4n) is 1.62. The van der Waals surface area contributed by atoms with Crippen LogP contribution in [-0.2, 0) is 0 Å². The van der Waals surface area contributed by atoms with Crippen molar-refractivity contribution in [1.82, 2.24) is 10.2 Å². The zero-order valence-corrected chi connectivity index (χ0v) is 8.16. The maximum Gasteiger partial charge on any atom is 0.108 e. The number of rotatable bonds is 5. The summed E-state index contributed by atoms with van der Waals surface area (Å²) in [5.41, 5.74) is 0. The van der Waals surface area contributed by atoms with Gasteiger partial charge in [-0.3, -0.25) is 5.32 Å². The standard InChI is InChI=1S/C10H17N3/c1-13(10-4-5-10)7-9(6-11)12-8-2-3-8/h8-10,12H,2-5,7H2,1H3. The molecule has 0 spiro atoms. The molecule has 0 radical (unpaired) electrons. The van der Waals surface area contributed by atoms with Gasteiger partial charge in [0.2, 0.25) is 0 Å². The van der Waals surface area contributed by atoms with Crippen LogP contribution in [0.5, 0.6) is 0 Å². The Bertz CT molecular complexity index is 213. The van der Waals surface area contributed by atoms with E-state index in [2.05, 4.69) is 23.3 Å². The van der Waals surface area contributed by atoms with Gasteiger partial charge in [0.25, 0.3) is 0 Å². The molecule has 1 N–H and O–H groups in total. The molecule has 3 nitrogen and oxygen atoms in total. The predicted octanol–water partition coefficient (Wildman–Crippen LogP) is 0.725. The highest BCUT2D eigenvalue weighted by molar-refractivity contribution is 4.98. The molecule has 3 heteroatoms. The number of likely N-dealkylation sites (N-methyl/N-ethyl adjacent to an activating group) is 1. The second-order valence-electron chi connectivity index (χ2n) is 4.29. The summed E-state index contributed by atoms with van der Waals surface area (Å²) in [7, 11) is 2.12. The molecule has 0 heterocycles. The first kappa shape index (κ1) is 8.98. The predicted molar refractivity (Wildman–Crippen MR) is 51.2 cm³/mol. The summed E-state index contributed by atoms with van der Waals surface area (Å²) >= 11 is 0. The van der Waals surface area contributed by atoms with Crippen molar-refractivity contribution in [1.29, 1.82) is 5.26 Å². The molecule has 0 saturated heterocycles. The zero-order chi connectivity index (χ0) is 9.26. The van der Waals surface area contributed by atoms with E-state index in [0.29, 0.717) is 6.04 Å². The third-order valence-electron chi connectivity index (χ3n) is 2.81. The molecule has 0 aromatic carbocycles. The van der Waals surface area contributed by atoms with Crippen LogP contribution in [0, 0.1) is 11.3 Å². The molecule has 13 heavy (non-hydrogen) atoms. The molecule has 0 aromatic rings. The first-order valence-electron chi connectivity index (χ1n) is 5.15. The summed E-state index contributed by atoms with van der Waals surface area (Å²) in [5.74, 6) is 0. The molecular weight excluding hydrogens is 162 g/mol. The van der Waals surface area contributed by atoms with Crippen LogP contribution in [0.2, 0.25) is 0 Å². The van der Waals surface area contributed by atoms with E-state index in [1.54, 1.807) is 0 Å². The number of nitrogens with one attached hydrogen (secondary N) is 1. The van der Waals surface area contributed by atoms with E-state index < -0.39 is 0 Å². The normalized spacial score (nSPS) is 24.4. The van der Waals surface area contributed by atoms with Crippen molar-refractivity contribution in [2.45, 2.75) is 43.8 Å². The second kappa shape index (κ2) is 3.65. The number of hydrogen-bond acceptors (Lipinski definition) is 3. The van der Waals surface area contributed by atoms with Gasteiger partial charge in [0.1, 0.15) is 6.04 Å². The summed E-state index contributed by atoms with van der Waals surface area (Å²) < 4.78 is 0. The summed E-state index contributed by atoms with van der Waals surface area (Å²) in [6.45, 7) is 0.887. The Labute approximate surface area is 79.7 Å². The Morgan fingerprint density at radius 3 is 2.62 bits per heavy atom. The van der Waals surface area contributed by atoms with E-state index in [-0.39, 0.29) is 6.04 Å². The number of nitriles is 1. The maximum atomic E-state index is 8.91. The SMILES string of the molecule is CN(CC(C#N)NC1CC1)C1CC1. The van der Waals surface area contributed by atoms with E-state index in [0.717, 1.165) is 12.6 Å². The van der Waals surface area contributed by atoms with Crippen LogP contribution in [-0.4, -0.2) is 36.6 Å². The van der Waals surface area contributed by atoms with E-state index in [1.807, 2.05) is 0 Å². The van der Waals surface area contributed by atoms with E-state index >= 15 is 0 Å². The molecule has 2 saturated carbocycles. The highest BCUT2D eigenvalue weighted by Gasteiger charge is 2.30. The quantitative estimate of drug-likeness (QED) is 0.676. The minimum absolute atomic E-state index is 0.0399. The topological polar surface area (TPSA) is 39.1 Å². The van der Waals surface area contributed by atoms with Gasteiger partial charge in [0, 0.05) is 18.6 Å². The van der Waals surface area contributed by atoms with Crippen LogP contribution in [0.4, 0.5) is 0 Å². The lowest BCUT2D eigenvalue weighted by Crippen LogP contribution is -2.40. The van der Waals surface area contributed by atoms with Crippen molar-refractivity contribution < 1.29 is 0 Å². The Hall–Kier alpha value is -0.590. The fourth-order valence-corrected chi connectivity index (χ4v) is 1.62. The van der Waals surface area contributed by atoms with Crippen molar-refractivity contribution in [2.24, 2.45) is 0 Å². The van der Waals surface area contributed by atoms with Crippen LogP contribution in [0.3, 0.4) is 0 Å². The molecular formula is C10H17N3. The Morgan fingerprint density at radius 2 is 2.15 bits per heavy atom. The molecule has 2 aliphatic carbocycles. The van der Waals surface area contributed by atoms with Gasteiger partial charge in [0.05, 0.1) is 6.07 Å². The van der Waals surface area contributed by atoms with Gasteiger partial charge in [-0.25, -0.2) is 0 Å². The maximum absolute atomic E-state index is 8.91. The van der Waals surface area contributed by atoms with Crippen molar-refractivity contribution in [3.63, 3.8) is 0 Å². The van der Waals surface area contributed by atoms with Crippen molar-refractivity contribution in [2.75, 3.05) is 13.6 Å². The fraction of sp³-hybridized carbons (Fsp3) is 0.900.